The van der Waals surface area contributed by atoms with Gasteiger partial charge in [0.15, 0.2) is 5.16 Å². The molecule has 152 valence electrons. The average Bonchev–Trinajstić information content (AvgIpc) is 3.10. The van der Waals surface area contributed by atoms with Crippen LogP contribution in [0.25, 0.3) is 5.69 Å². The summed E-state index contributed by atoms with van der Waals surface area (Å²) in [5.74, 6) is 1.72. The van der Waals surface area contributed by atoms with Crippen molar-refractivity contribution in [2.24, 2.45) is 5.92 Å². The number of hydrogen-bond acceptors (Lipinski definition) is 6. The Kier molecular flexibility index (Phi) is 6.61. The maximum absolute atomic E-state index is 12.5. The normalized spacial score (nSPS) is 18.6. The third-order valence-electron chi connectivity index (χ3n) is 4.93. The molecule has 1 aliphatic rings. The van der Waals surface area contributed by atoms with Crippen molar-refractivity contribution >= 4 is 17.7 Å². The fourth-order valence-corrected chi connectivity index (χ4v) is 4.00. The van der Waals surface area contributed by atoms with Crippen molar-refractivity contribution in [3.8, 4) is 11.4 Å². The zero-order chi connectivity index (χ0) is 20.1. The molecule has 1 aromatic heterocycles. The van der Waals surface area contributed by atoms with Gasteiger partial charge in [0, 0.05) is 31.2 Å². The van der Waals surface area contributed by atoms with Gasteiger partial charge in [-0.2, -0.15) is 0 Å². The molecule has 1 N–H and O–H groups in total. The van der Waals surface area contributed by atoms with Crippen LogP contribution in [0.5, 0.6) is 5.75 Å². The van der Waals surface area contributed by atoms with E-state index >= 15 is 0 Å². The first-order valence-electron chi connectivity index (χ1n) is 9.48. The van der Waals surface area contributed by atoms with Crippen LogP contribution in [0.1, 0.15) is 32.5 Å². The van der Waals surface area contributed by atoms with Crippen molar-refractivity contribution in [2.75, 3.05) is 26.5 Å². The number of ether oxygens (including phenoxy) is 2. The van der Waals surface area contributed by atoms with Gasteiger partial charge in [0.05, 0.1) is 12.7 Å². The van der Waals surface area contributed by atoms with Gasteiger partial charge in [-0.15, -0.1) is 10.2 Å². The molecule has 1 saturated heterocycles. The Bertz CT molecular complexity index is 804. The molecule has 0 saturated carbocycles. The maximum atomic E-state index is 12.5. The molecule has 1 atom stereocenters. The number of carbonyl (C=O) groups excluding carboxylic acids is 1. The number of amides is 1. The molecule has 0 bridgehead atoms. The summed E-state index contributed by atoms with van der Waals surface area (Å²) in [6.45, 7) is 5.23. The van der Waals surface area contributed by atoms with Crippen LogP contribution in [-0.4, -0.2) is 52.8 Å². The van der Waals surface area contributed by atoms with Crippen molar-refractivity contribution < 1.29 is 14.3 Å². The maximum Gasteiger partial charge on any atom is 0.223 e. The number of aromatic nitrogens is 3. The van der Waals surface area contributed by atoms with E-state index in [0.29, 0.717) is 19.6 Å². The van der Waals surface area contributed by atoms with Gasteiger partial charge < -0.3 is 14.8 Å². The van der Waals surface area contributed by atoms with Crippen molar-refractivity contribution in [3.63, 3.8) is 0 Å². The minimum Gasteiger partial charge on any atom is -0.497 e. The van der Waals surface area contributed by atoms with Crippen LogP contribution in [0.3, 0.4) is 0 Å². The highest BCUT2D eigenvalue weighted by molar-refractivity contribution is 7.98. The lowest BCUT2D eigenvalue weighted by atomic mass is 9.88. The fraction of sp³-hybridized carbons (Fsp3) is 0.550. The molecule has 0 aliphatic carbocycles. The van der Waals surface area contributed by atoms with Crippen LogP contribution in [0.15, 0.2) is 29.4 Å². The summed E-state index contributed by atoms with van der Waals surface area (Å²) in [4.78, 5) is 12.5. The van der Waals surface area contributed by atoms with E-state index in [2.05, 4.69) is 15.5 Å². The molecule has 0 spiro atoms. The van der Waals surface area contributed by atoms with Crippen molar-refractivity contribution in [1.82, 2.24) is 20.1 Å². The molecule has 0 radical (unpaired) electrons. The number of thioether (sulfide) groups is 1. The fourth-order valence-electron chi connectivity index (χ4n) is 3.48. The van der Waals surface area contributed by atoms with Gasteiger partial charge in [-0.05, 0) is 57.2 Å². The predicted octanol–water partition coefficient (Wildman–Crippen LogP) is 2.86. The van der Waals surface area contributed by atoms with E-state index in [-0.39, 0.29) is 17.4 Å². The van der Waals surface area contributed by atoms with Crippen LogP contribution >= 0.6 is 11.8 Å². The molecular formula is C20H28N4O3S. The van der Waals surface area contributed by atoms with Crippen LogP contribution in [0.2, 0.25) is 0 Å². The molecule has 1 fully saturated rings. The number of hydrogen-bond donors (Lipinski definition) is 1. The third kappa shape index (κ3) is 4.86. The highest BCUT2D eigenvalue weighted by Crippen LogP contribution is 2.28. The second-order valence-electron chi connectivity index (χ2n) is 7.48. The summed E-state index contributed by atoms with van der Waals surface area (Å²) in [6, 6.07) is 7.79. The highest BCUT2D eigenvalue weighted by atomic mass is 32.2. The molecule has 1 aliphatic heterocycles. The Balaban J connectivity index is 1.64. The van der Waals surface area contributed by atoms with E-state index in [9.17, 15) is 4.79 Å². The van der Waals surface area contributed by atoms with Crippen LogP contribution in [-0.2, 0) is 16.0 Å². The number of methoxy groups -OCH3 is 1. The lowest BCUT2D eigenvalue weighted by Gasteiger charge is -2.34. The summed E-state index contributed by atoms with van der Waals surface area (Å²) in [5, 5.41) is 12.5. The van der Waals surface area contributed by atoms with Crippen molar-refractivity contribution in [2.45, 2.75) is 43.9 Å². The van der Waals surface area contributed by atoms with Crippen LogP contribution < -0.4 is 10.1 Å². The third-order valence-corrected chi connectivity index (χ3v) is 5.56. The first kappa shape index (κ1) is 20.7. The molecule has 2 heterocycles. The van der Waals surface area contributed by atoms with Gasteiger partial charge in [0.25, 0.3) is 0 Å². The molecule has 7 nitrogen and oxygen atoms in total. The quantitative estimate of drug-likeness (QED) is 0.715. The first-order valence-corrected chi connectivity index (χ1v) is 10.7. The summed E-state index contributed by atoms with van der Waals surface area (Å²) in [7, 11) is 1.65. The number of carbonyl (C=O) groups is 1. The zero-order valence-corrected chi connectivity index (χ0v) is 17.7. The Labute approximate surface area is 170 Å². The number of nitrogens with zero attached hydrogens (tertiary/aromatic N) is 3. The first-order chi connectivity index (χ1) is 13.4. The van der Waals surface area contributed by atoms with E-state index in [1.807, 2.05) is 48.9 Å². The van der Waals surface area contributed by atoms with Gasteiger partial charge in [0.1, 0.15) is 11.6 Å². The lowest BCUT2D eigenvalue weighted by molar-refractivity contribution is -0.135. The molecular weight excluding hydrogens is 376 g/mol. The topological polar surface area (TPSA) is 78.3 Å². The minimum absolute atomic E-state index is 0.00460. The molecule has 1 aromatic carbocycles. The molecule has 1 amide bonds. The number of nitrogens with one attached hydrogen (secondary N) is 1. The Morgan fingerprint density at radius 2 is 2.11 bits per heavy atom. The van der Waals surface area contributed by atoms with E-state index in [0.717, 1.165) is 35.3 Å². The van der Waals surface area contributed by atoms with Crippen LogP contribution in [0, 0.1) is 5.92 Å². The van der Waals surface area contributed by atoms with Crippen molar-refractivity contribution in [3.05, 3.63) is 30.1 Å². The Hall–Kier alpha value is -2.06. The largest absolute Gasteiger partial charge is 0.497 e. The summed E-state index contributed by atoms with van der Waals surface area (Å²) in [6.07, 6.45) is 4.10. The average molecular weight is 405 g/mol. The number of benzene rings is 1. The summed E-state index contributed by atoms with van der Waals surface area (Å²) >= 11 is 1.54. The van der Waals surface area contributed by atoms with Crippen molar-refractivity contribution in [1.29, 1.82) is 0 Å². The minimum atomic E-state index is -0.234. The molecule has 8 heteroatoms. The standard InChI is InChI=1S/C20H28N4O3S/c1-20(2)13-14(10-12-27-20)18(25)21-11-9-17-22-23-19(28-4)24(17)15-5-7-16(26-3)8-6-15/h5-8,14H,9-13H2,1-4H3,(H,21,25). The molecule has 1 unspecified atom stereocenters. The lowest BCUT2D eigenvalue weighted by Crippen LogP contribution is -2.42. The van der Waals surface area contributed by atoms with Gasteiger partial charge in [-0.25, -0.2) is 0 Å². The van der Waals surface area contributed by atoms with E-state index < -0.39 is 0 Å². The van der Waals surface area contributed by atoms with E-state index in [1.54, 1.807) is 18.9 Å². The van der Waals surface area contributed by atoms with Crippen LogP contribution in [0.4, 0.5) is 0 Å². The van der Waals surface area contributed by atoms with E-state index in [4.69, 9.17) is 9.47 Å². The second-order valence-corrected chi connectivity index (χ2v) is 8.25. The second kappa shape index (κ2) is 8.96. The van der Waals surface area contributed by atoms with Gasteiger partial charge in [-0.3, -0.25) is 9.36 Å². The zero-order valence-electron chi connectivity index (χ0n) is 16.9. The smallest absolute Gasteiger partial charge is 0.223 e. The number of rotatable bonds is 7. The molecule has 28 heavy (non-hydrogen) atoms. The molecule has 3 rings (SSSR count). The Morgan fingerprint density at radius 3 is 2.75 bits per heavy atom. The summed E-state index contributed by atoms with van der Waals surface area (Å²) in [5.41, 5.74) is 0.741. The monoisotopic (exact) mass is 404 g/mol. The van der Waals surface area contributed by atoms with Gasteiger partial charge >= 0.3 is 0 Å². The van der Waals surface area contributed by atoms with E-state index in [1.165, 1.54) is 0 Å². The summed E-state index contributed by atoms with van der Waals surface area (Å²) < 4.78 is 13.0. The predicted molar refractivity (Wildman–Crippen MR) is 109 cm³/mol. The highest BCUT2D eigenvalue weighted by Gasteiger charge is 2.32. The van der Waals surface area contributed by atoms with Gasteiger partial charge in [0.2, 0.25) is 5.91 Å². The van der Waals surface area contributed by atoms with Gasteiger partial charge in [-0.1, -0.05) is 11.8 Å². The SMILES string of the molecule is COc1ccc(-n2c(CCNC(=O)C3CCOC(C)(C)C3)nnc2SC)cc1. The Morgan fingerprint density at radius 1 is 1.36 bits per heavy atom. The molecule has 2 aromatic rings.